The van der Waals surface area contributed by atoms with Gasteiger partial charge in [0.15, 0.2) is 11.7 Å². The molecule has 0 amide bonds. The summed E-state index contributed by atoms with van der Waals surface area (Å²) in [5.41, 5.74) is 0.598. The zero-order chi connectivity index (χ0) is 10.1. The SMILES string of the molecule is N#Cc1nc2ccc([N+](=O)[O-])cc2o1. The molecule has 2 rings (SSSR count). The molecule has 14 heavy (non-hydrogen) atoms. The van der Waals surface area contributed by atoms with Gasteiger partial charge in [0.1, 0.15) is 5.52 Å². The summed E-state index contributed by atoms with van der Waals surface area (Å²) in [5, 5.41) is 18.9. The van der Waals surface area contributed by atoms with E-state index in [1.54, 1.807) is 6.07 Å². The Labute approximate surface area is 77.5 Å². The summed E-state index contributed by atoms with van der Waals surface area (Å²) in [4.78, 5) is 13.6. The van der Waals surface area contributed by atoms with Gasteiger partial charge in [0.05, 0.1) is 11.0 Å². The first kappa shape index (κ1) is 8.19. The molecule has 0 spiro atoms. The molecule has 68 valence electrons. The van der Waals surface area contributed by atoms with Gasteiger partial charge in [-0.15, -0.1) is 0 Å². The van der Waals surface area contributed by atoms with Gasteiger partial charge in [0, 0.05) is 6.07 Å². The molecule has 0 bridgehead atoms. The number of rotatable bonds is 1. The van der Waals surface area contributed by atoms with Crippen LogP contribution in [0.4, 0.5) is 5.69 Å². The van der Waals surface area contributed by atoms with Crippen molar-refractivity contribution in [3.63, 3.8) is 0 Å². The van der Waals surface area contributed by atoms with E-state index in [0.717, 1.165) is 0 Å². The Hall–Kier alpha value is -2.42. The predicted octanol–water partition coefficient (Wildman–Crippen LogP) is 1.61. The molecule has 6 nitrogen and oxygen atoms in total. The van der Waals surface area contributed by atoms with Crippen molar-refractivity contribution < 1.29 is 9.34 Å². The van der Waals surface area contributed by atoms with Gasteiger partial charge < -0.3 is 4.42 Å². The number of aromatic nitrogens is 1. The normalized spacial score (nSPS) is 9.93. The van der Waals surface area contributed by atoms with E-state index in [0.29, 0.717) is 5.52 Å². The third kappa shape index (κ3) is 1.17. The number of nitro groups is 1. The number of hydrogen-bond donors (Lipinski definition) is 0. The molecule has 0 saturated carbocycles. The zero-order valence-corrected chi connectivity index (χ0v) is 6.80. The van der Waals surface area contributed by atoms with E-state index < -0.39 is 4.92 Å². The fraction of sp³-hybridized carbons (Fsp3) is 0. The van der Waals surface area contributed by atoms with E-state index in [2.05, 4.69) is 4.98 Å². The minimum atomic E-state index is -0.534. The predicted molar refractivity (Wildman–Crippen MR) is 45.4 cm³/mol. The quantitative estimate of drug-likeness (QED) is 0.501. The summed E-state index contributed by atoms with van der Waals surface area (Å²) in [5.74, 6) is -0.0968. The first-order valence-electron chi connectivity index (χ1n) is 3.66. The average molecular weight is 189 g/mol. The molecular weight excluding hydrogens is 186 g/mol. The topological polar surface area (TPSA) is 93.0 Å². The molecule has 0 unspecified atom stereocenters. The van der Waals surface area contributed by atoms with E-state index in [-0.39, 0.29) is 17.2 Å². The van der Waals surface area contributed by atoms with Crippen molar-refractivity contribution in [2.24, 2.45) is 0 Å². The standard InChI is InChI=1S/C8H3N3O3/c9-4-8-10-6-2-1-5(11(12)13)3-7(6)14-8/h1-3H. The largest absolute Gasteiger partial charge is 0.428 e. The van der Waals surface area contributed by atoms with Crippen LogP contribution in [0, 0.1) is 21.4 Å². The third-order valence-corrected chi connectivity index (χ3v) is 1.68. The van der Waals surface area contributed by atoms with Crippen LogP contribution in [-0.4, -0.2) is 9.91 Å². The third-order valence-electron chi connectivity index (χ3n) is 1.68. The Morgan fingerprint density at radius 2 is 2.36 bits per heavy atom. The van der Waals surface area contributed by atoms with Gasteiger partial charge in [-0.3, -0.25) is 10.1 Å². The van der Waals surface area contributed by atoms with Crippen molar-refractivity contribution >= 4 is 16.8 Å². The molecule has 1 heterocycles. The maximum absolute atomic E-state index is 10.4. The number of nitrogens with zero attached hydrogens (tertiary/aromatic N) is 3. The van der Waals surface area contributed by atoms with Crippen LogP contribution in [0.25, 0.3) is 11.1 Å². The smallest absolute Gasteiger partial charge is 0.301 e. The summed E-state index contributed by atoms with van der Waals surface area (Å²) >= 11 is 0. The first-order chi connectivity index (χ1) is 6.70. The molecule has 6 heteroatoms. The molecule has 0 radical (unpaired) electrons. The number of nitriles is 1. The number of hydrogen-bond acceptors (Lipinski definition) is 5. The highest BCUT2D eigenvalue weighted by atomic mass is 16.6. The van der Waals surface area contributed by atoms with Gasteiger partial charge in [-0.1, -0.05) is 0 Å². The monoisotopic (exact) mass is 189 g/mol. The van der Waals surface area contributed by atoms with Crippen molar-refractivity contribution in [1.82, 2.24) is 4.98 Å². The van der Waals surface area contributed by atoms with Gasteiger partial charge in [-0.25, -0.2) is 0 Å². The molecule has 0 N–H and O–H groups in total. The summed E-state index contributed by atoms with van der Waals surface area (Å²) in [6, 6.07) is 5.71. The minimum absolute atomic E-state index is 0.0851. The number of benzene rings is 1. The van der Waals surface area contributed by atoms with Crippen molar-refractivity contribution in [2.75, 3.05) is 0 Å². The molecule has 0 saturated heterocycles. The Bertz CT molecular complexity index is 552. The molecule has 0 aliphatic heterocycles. The van der Waals surface area contributed by atoms with E-state index in [1.165, 1.54) is 18.2 Å². The number of non-ortho nitro benzene ring substituents is 1. The van der Waals surface area contributed by atoms with Crippen LogP contribution < -0.4 is 0 Å². The number of nitro benzene ring substituents is 1. The molecule has 0 fully saturated rings. The van der Waals surface area contributed by atoms with E-state index in [4.69, 9.17) is 9.68 Å². The summed E-state index contributed by atoms with van der Waals surface area (Å²) in [7, 11) is 0. The van der Waals surface area contributed by atoms with Crippen LogP contribution in [0.5, 0.6) is 0 Å². The van der Waals surface area contributed by atoms with Gasteiger partial charge in [0.25, 0.3) is 5.69 Å². The maximum atomic E-state index is 10.4. The highest BCUT2D eigenvalue weighted by molar-refractivity contribution is 5.75. The van der Waals surface area contributed by atoms with Crippen LogP contribution >= 0.6 is 0 Å². The van der Waals surface area contributed by atoms with Crippen molar-refractivity contribution in [3.8, 4) is 6.07 Å². The minimum Gasteiger partial charge on any atom is -0.428 e. The average Bonchev–Trinajstić information content (AvgIpc) is 2.58. The fourth-order valence-electron chi connectivity index (χ4n) is 1.07. The lowest BCUT2D eigenvalue weighted by Crippen LogP contribution is -1.86. The van der Waals surface area contributed by atoms with Crippen LogP contribution in [0.15, 0.2) is 22.6 Å². The van der Waals surface area contributed by atoms with Gasteiger partial charge >= 0.3 is 5.89 Å². The van der Waals surface area contributed by atoms with Crippen LogP contribution in [0.2, 0.25) is 0 Å². The summed E-state index contributed by atoms with van der Waals surface area (Å²) in [6.45, 7) is 0. The molecule has 1 aromatic heterocycles. The Morgan fingerprint density at radius 1 is 1.57 bits per heavy atom. The van der Waals surface area contributed by atoms with Crippen molar-refractivity contribution in [2.45, 2.75) is 0 Å². The lowest BCUT2D eigenvalue weighted by atomic mass is 10.3. The number of fused-ring (bicyclic) bond motifs is 1. The van der Waals surface area contributed by atoms with Crippen LogP contribution in [0.3, 0.4) is 0 Å². The molecule has 0 aliphatic rings. The van der Waals surface area contributed by atoms with E-state index in [1.807, 2.05) is 0 Å². The van der Waals surface area contributed by atoms with Crippen LogP contribution in [0.1, 0.15) is 5.89 Å². The number of oxazole rings is 1. The molecule has 0 atom stereocenters. The van der Waals surface area contributed by atoms with E-state index in [9.17, 15) is 10.1 Å². The Morgan fingerprint density at radius 3 is 3.00 bits per heavy atom. The lowest BCUT2D eigenvalue weighted by Gasteiger charge is -1.88. The van der Waals surface area contributed by atoms with Gasteiger partial charge in [0.2, 0.25) is 0 Å². The summed E-state index contributed by atoms with van der Waals surface area (Å²) in [6.07, 6.45) is 0. The molecule has 2 aromatic rings. The lowest BCUT2D eigenvalue weighted by molar-refractivity contribution is -0.384. The van der Waals surface area contributed by atoms with Crippen LogP contribution in [-0.2, 0) is 0 Å². The molecule has 1 aromatic carbocycles. The highest BCUT2D eigenvalue weighted by Crippen LogP contribution is 2.20. The van der Waals surface area contributed by atoms with E-state index >= 15 is 0 Å². The van der Waals surface area contributed by atoms with Gasteiger partial charge in [-0.05, 0) is 6.07 Å². The highest BCUT2D eigenvalue weighted by Gasteiger charge is 2.10. The molecular formula is C8H3N3O3. The summed E-state index contributed by atoms with van der Waals surface area (Å²) < 4.78 is 4.93. The fourth-order valence-corrected chi connectivity index (χ4v) is 1.07. The zero-order valence-electron chi connectivity index (χ0n) is 6.80. The second-order valence-electron chi connectivity index (χ2n) is 2.54. The van der Waals surface area contributed by atoms with Crippen molar-refractivity contribution in [1.29, 1.82) is 5.26 Å². The maximum Gasteiger partial charge on any atom is 0.301 e. The Balaban J connectivity index is 2.66. The van der Waals surface area contributed by atoms with Crippen molar-refractivity contribution in [3.05, 3.63) is 34.2 Å². The first-order valence-corrected chi connectivity index (χ1v) is 3.66. The van der Waals surface area contributed by atoms with Gasteiger partial charge in [-0.2, -0.15) is 10.2 Å². The second-order valence-corrected chi connectivity index (χ2v) is 2.54. The molecule has 0 aliphatic carbocycles. The Kier molecular flexibility index (Phi) is 1.65. The second kappa shape index (κ2) is 2.81.